The van der Waals surface area contributed by atoms with Gasteiger partial charge < -0.3 is 15.8 Å². The third kappa shape index (κ3) is 3.68. The molecule has 1 aromatic rings. The zero-order valence-corrected chi connectivity index (χ0v) is 13.8. The van der Waals surface area contributed by atoms with E-state index in [1.165, 1.54) is 0 Å². The molecule has 0 aromatic heterocycles. The number of hydrogen-bond donors (Lipinski definition) is 2. The van der Waals surface area contributed by atoms with Gasteiger partial charge in [-0.3, -0.25) is 4.79 Å². The first-order valence-corrected chi connectivity index (χ1v) is 8.19. The van der Waals surface area contributed by atoms with Crippen molar-refractivity contribution in [2.45, 2.75) is 58.2 Å². The molecule has 3 N–H and O–H groups in total. The van der Waals surface area contributed by atoms with Crippen molar-refractivity contribution in [2.24, 2.45) is 11.1 Å². The molecule has 0 radical (unpaired) electrons. The second-order valence-electron chi connectivity index (χ2n) is 6.72. The van der Waals surface area contributed by atoms with E-state index >= 15 is 0 Å². The maximum absolute atomic E-state index is 12.3. The molecular weight excluding hydrogens is 276 g/mol. The lowest BCUT2D eigenvalue weighted by Crippen LogP contribution is -2.62. The highest BCUT2D eigenvalue weighted by Gasteiger charge is 2.49. The van der Waals surface area contributed by atoms with E-state index in [-0.39, 0.29) is 23.5 Å². The van der Waals surface area contributed by atoms with Gasteiger partial charge in [0.05, 0.1) is 6.10 Å². The van der Waals surface area contributed by atoms with E-state index in [2.05, 4.69) is 26.1 Å². The summed E-state index contributed by atoms with van der Waals surface area (Å²) < 4.78 is 5.91. The Bertz CT molecular complexity index is 487. The fourth-order valence-corrected chi connectivity index (χ4v) is 2.86. The van der Waals surface area contributed by atoms with Crippen molar-refractivity contribution >= 4 is 5.91 Å². The molecule has 2 rings (SSSR count). The molecule has 0 saturated heterocycles. The minimum Gasteiger partial charge on any atom is -0.378 e. The maximum atomic E-state index is 12.3. The van der Waals surface area contributed by atoms with Gasteiger partial charge in [0.2, 0.25) is 5.91 Å². The summed E-state index contributed by atoms with van der Waals surface area (Å²) in [5.74, 6) is -0.115. The van der Waals surface area contributed by atoms with E-state index in [0.29, 0.717) is 0 Å². The summed E-state index contributed by atoms with van der Waals surface area (Å²) in [5, 5.41) is 3.08. The molecular formula is C18H28N2O2. The van der Waals surface area contributed by atoms with Gasteiger partial charge in [0.25, 0.3) is 0 Å². The molecule has 1 aliphatic rings. The Morgan fingerprint density at radius 2 is 2.09 bits per heavy atom. The van der Waals surface area contributed by atoms with Crippen LogP contribution in [-0.4, -0.2) is 24.7 Å². The van der Waals surface area contributed by atoms with Crippen molar-refractivity contribution in [3.05, 3.63) is 35.9 Å². The van der Waals surface area contributed by atoms with Crippen LogP contribution in [0.25, 0.3) is 0 Å². The first-order chi connectivity index (χ1) is 10.5. The summed E-state index contributed by atoms with van der Waals surface area (Å²) in [6.45, 7) is 7.25. The topological polar surface area (TPSA) is 64.3 Å². The van der Waals surface area contributed by atoms with Gasteiger partial charge in [0.15, 0.2) is 0 Å². The average molecular weight is 304 g/mol. The highest BCUT2D eigenvalue weighted by molar-refractivity contribution is 5.83. The molecule has 0 bridgehead atoms. The number of carbonyl (C=O) groups excluding carboxylic acids is 1. The highest BCUT2D eigenvalue weighted by Crippen LogP contribution is 2.43. The molecule has 3 unspecified atom stereocenters. The predicted octanol–water partition coefficient (Wildman–Crippen LogP) is 2.79. The number of unbranched alkanes of at least 4 members (excludes halogenated alkanes) is 1. The van der Waals surface area contributed by atoms with Gasteiger partial charge in [0.1, 0.15) is 6.04 Å². The van der Waals surface area contributed by atoms with Gasteiger partial charge in [-0.25, -0.2) is 0 Å². The second-order valence-corrected chi connectivity index (χ2v) is 6.72. The number of amides is 1. The average Bonchev–Trinajstić information content (AvgIpc) is 2.53. The smallest absolute Gasteiger partial charge is 0.241 e. The van der Waals surface area contributed by atoms with Crippen molar-refractivity contribution in [1.82, 2.24) is 5.32 Å². The summed E-state index contributed by atoms with van der Waals surface area (Å²) >= 11 is 0. The van der Waals surface area contributed by atoms with Gasteiger partial charge in [0, 0.05) is 18.1 Å². The summed E-state index contributed by atoms with van der Waals surface area (Å²) in [6, 6.07) is 8.99. The minimum atomic E-state index is -0.614. The van der Waals surface area contributed by atoms with Crippen molar-refractivity contribution in [1.29, 1.82) is 0 Å². The van der Waals surface area contributed by atoms with Gasteiger partial charge in [-0.05, 0) is 18.4 Å². The molecule has 122 valence electrons. The minimum absolute atomic E-state index is 0.0419. The Morgan fingerprint density at radius 3 is 2.68 bits per heavy atom. The zero-order valence-electron chi connectivity index (χ0n) is 13.8. The molecule has 1 aliphatic carbocycles. The molecule has 1 fully saturated rings. The molecule has 0 heterocycles. The summed E-state index contributed by atoms with van der Waals surface area (Å²) in [5.41, 5.74) is 6.84. The first kappa shape index (κ1) is 17.0. The molecule has 1 saturated carbocycles. The van der Waals surface area contributed by atoms with E-state index < -0.39 is 6.04 Å². The number of rotatable bonds is 7. The van der Waals surface area contributed by atoms with Crippen LogP contribution in [0.2, 0.25) is 0 Å². The van der Waals surface area contributed by atoms with Crippen LogP contribution in [0.15, 0.2) is 30.3 Å². The van der Waals surface area contributed by atoms with Crippen LogP contribution in [0.3, 0.4) is 0 Å². The van der Waals surface area contributed by atoms with Crippen molar-refractivity contribution < 1.29 is 9.53 Å². The largest absolute Gasteiger partial charge is 0.378 e. The van der Waals surface area contributed by atoms with Crippen LogP contribution in [0.1, 0.15) is 51.6 Å². The lowest BCUT2D eigenvalue weighted by molar-refractivity contribution is -0.139. The van der Waals surface area contributed by atoms with Crippen LogP contribution in [-0.2, 0) is 9.53 Å². The van der Waals surface area contributed by atoms with Crippen molar-refractivity contribution in [3.8, 4) is 0 Å². The molecule has 4 nitrogen and oxygen atoms in total. The number of carbonyl (C=O) groups is 1. The van der Waals surface area contributed by atoms with E-state index in [0.717, 1.165) is 31.4 Å². The lowest BCUT2D eigenvalue weighted by Gasteiger charge is -2.51. The fraction of sp³-hybridized carbons (Fsp3) is 0.611. The van der Waals surface area contributed by atoms with Crippen LogP contribution >= 0.6 is 0 Å². The van der Waals surface area contributed by atoms with Crippen molar-refractivity contribution in [2.75, 3.05) is 6.61 Å². The monoisotopic (exact) mass is 304 g/mol. The first-order valence-electron chi connectivity index (χ1n) is 8.19. The molecule has 0 aliphatic heterocycles. The zero-order chi connectivity index (χ0) is 16.2. The third-order valence-electron chi connectivity index (χ3n) is 4.75. The summed E-state index contributed by atoms with van der Waals surface area (Å²) in [4.78, 5) is 12.3. The Kier molecular flexibility index (Phi) is 5.59. The normalized spacial score (nSPS) is 24.4. The van der Waals surface area contributed by atoms with E-state index in [1.54, 1.807) is 0 Å². The Labute approximate surface area is 133 Å². The highest BCUT2D eigenvalue weighted by atomic mass is 16.5. The molecule has 1 aromatic carbocycles. The van der Waals surface area contributed by atoms with E-state index in [1.807, 2.05) is 30.3 Å². The van der Waals surface area contributed by atoms with Crippen LogP contribution in [0.5, 0.6) is 0 Å². The van der Waals surface area contributed by atoms with Gasteiger partial charge in [-0.1, -0.05) is 57.5 Å². The number of hydrogen-bond acceptors (Lipinski definition) is 3. The SMILES string of the molecule is CCCCOC1CC(NC(=O)C(N)c2ccccc2)C1(C)C. The fourth-order valence-electron chi connectivity index (χ4n) is 2.86. The van der Waals surface area contributed by atoms with Gasteiger partial charge in [-0.2, -0.15) is 0 Å². The number of ether oxygens (including phenoxy) is 1. The second kappa shape index (κ2) is 7.25. The third-order valence-corrected chi connectivity index (χ3v) is 4.75. The predicted molar refractivity (Wildman–Crippen MR) is 88.3 cm³/mol. The van der Waals surface area contributed by atoms with Crippen LogP contribution < -0.4 is 11.1 Å². The summed E-state index contributed by atoms with van der Waals surface area (Å²) in [6.07, 6.45) is 3.31. The Morgan fingerprint density at radius 1 is 1.41 bits per heavy atom. The molecule has 3 atom stereocenters. The van der Waals surface area contributed by atoms with Crippen molar-refractivity contribution in [3.63, 3.8) is 0 Å². The number of benzene rings is 1. The van der Waals surface area contributed by atoms with Gasteiger partial charge in [-0.15, -0.1) is 0 Å². The van der Waals surface area contributed by atoms with Gasteiger partial charge >= 0.3 is 0 Å². The Balaban J connectivity index is 1.85. The summed E-state index contributed by atoms with van der Waals surface area (Å²) in [7, 11) is 0. The molecule has 1 amide bonds. The number of nitrogens with two attached hydrogens (primary N) is 1. The van der Waals surface area contributed by atoms with E-state index in [4.69, 9.17) is 10.5 Å². The molecule has 0 spiro atoms. The molecule has 22 heavy (non-hydrogen) atoms. The number of nitrogens with one attached hydrogen (secondary N) is 1. The van der Waals surface area contributed by atoms with Crippen LogP contribution in [0, 0.1) is 5.41 Å². The Hall–Kier alpha value is -1.39. The van der Waals surface area contributed by atoms with E-state index in [9.17, 15) is 4.79 Å². The lowest BCUT2D eigenvalue weighted by atomic mass is 9.64. The van der Waals surface area contributed by atoms with Crippen LogP contribution in [0.4, 0.5) is 0 Å². The maximum Gasteiger partial charge on any atom is 0.241 e. The molecule has 4 heteroatoms. The quantitative estimate of drug-likeness (QED) is 0.761. The standard InChI is InChI=1S/C18H28N2O2/c1-4-5-11-22-15-12-14(18(15,2)3)20-17(21)16(19)13-9-7-6-8-10-13/h6-10,14-16H,4-5,11-12,19H2,1-3H3,(H,20,21).